The third kappa shape index (κ3) is 21.7. The summed E-state index contributed by atoms with van der Waals surface area (Å²) in [4.78, 5) is 24.3. The molecule has 2 atom stereocenters. The number of benzene rings is 2. The Bertz CT molecular complexity index is 2850. The fraction of sp³-hybridized carbons (Fsp3) is 0.188. The zero-order valence-electron chi connectivity index (χ0n) is 34.8. The number of aromatic nitrogens is 2. The number of phenols is 1. The van der Waals surface area contributed by atoms with Crippen LogP contribution in [-0.4, -0.2) is 51.0 Å². The van der Waals surface area contributed by atoms with Gasteiger partial charge in [-0.15, -0.1) is 0 Å². The van der Waals surface area contributed by atoms with E-state index in [1.54, 1.807) is 44.4 Å². The van der Waals surface area contributed by atoms with Crippen LogP contribution >= 0.6 is 0 Å². The van der Waals surface area contributed by atoms with Gasteiger partial charge in [-0.25, -0.2) is 4.98 Å². The summed E-state index contributed by atoms with van der Waals surface area (Å²) in [6.07, 6.45) is 5.21. The lowest BCUT2D eigenvalue weighted by Crippen LogP contribution is -2.35. The predicted molar refractivity (Wildman–Crippen MR) is 261 cm³/mol. The molecule has 0 spiro atoms. The van der Waals surface area contributed by atoms with Gasteiger partial charge in [-0.2, -0.15) is 0 Å². The van der Waals surface area contributed by atoms with Crippen molar-refractivity contribution in [3.05, 3.63) is 65.6 Å². The Morgan fingerprint density at radius 1 is 0.891 bits per heavy atom. The van der Waals surface area contributed by atoms with Crippen molar-refractivity contribution in [3.8, 4) is 153 Å². The predicted octanol–water partition coefficient (Wildman–Crippen LogP) is 6.84. The van der Waals surface area contributed by atoms with E-state index in [-0.39, 0.29) is 38.0 Å². The number of anilines is 2. The number of nitrogens with two attached hydrogens (primary N) is 1. The van der Waals surface area contributed by atoms with Gasteiger partial charge in [-0.05, 0) is 171 Å². The maximum absolute atomic E-state index is 12.4. The van der Waals surface area contributed by atoms with Crippen molar-refractivity contribution >= 4 is 17.4 Å². The Labute approximate surface area is 386 Å². The van der Waals surface area contributed by atoms with E-state index in [9.17, 15) is 15.1 Å². The van der Waals surface area contributed by atoms with Crippen LogP contribution in [0.25, 0.3) is 11.3 Å². The zero-order chi connectivity index (χ0) is 46.5. The molecule has 7 N–H and O–H groups in total. The highest BCUT2D eigenvalue weighted by Gasteiger charge is 2.22. The van der Waals surface area contributed by atoms with Crippen LogP contribution in [0.5, 0.6) is 11.5 Å². The van der Waals surface area contributed by atoms with E-state index in [0.29, 0.717) is 17.3 Å². The second-order valence-corrected chi connectivity index (χ2v) is 11.4. The van der Waals surface area contributed by atoms with E-state index >= 15 is 0 Å². The Balaban J connectivity index is -0.000000130. The first-order chi connectivity index (χ1) is 31.3. The van der Waals surface area contributed by atoms with E-state index in [0.717, 1.165) is 36.2 Å². The van der Waals surface area contributed by atoms with Gasteiger partial charge in [-0.3, -0.25) is 20.9 Å². The lowest BCUT2D eigenvalue weighted by molar-refractivity contribution is -0.873. The molecule has 334 valence electrons. The van der Waals surface area contributed by atoms with Gasteiger partial charge in [0.1, 0.15) is 5.82 Å². The maximum atomic E-state index is 12.4. The average molecular weight is 869 g/mol. The van der Waals surface area contributed by atoms with Gasteiger partial charge in [-0.1, -0.05) is 24.0 Å². The van der Waals surface area contributed by atoms with E-state index in [4.69, 9.17) is 9.99 Å². The Kier molecular flexibility index (Phi) is 25.1. The van der Waals surface area contributed by atoms with E-state index in [1.165, 1.54) is 7.11 Å². The molecule has 1 aliphatic rings. The topological polar surface area (TPSA) is 227 Å². The van der Waals surface area contributed by atoms with E-state index < -0.39 is 5.02 Å². The second-order valence-electron chi connectivity index (χ2n) is 11.4. The Hall–Kier alpha value is -9.93. The summed E-state index contributed by atoms with van der Waals surface area (Å²) in [6, 6.07) is 12.7. The number of nitrogens with zero attached hydrogens (tertiary/aromatic N) is 6. The first-order valence-corrected chi connectivity index (χ1v) is 18.3. The van der Waals surface area contributed by atoms with Crippen LogP contribution < -0.4 is 26.5 Å². The lowest BCUT2D eigenvalue weighted by Gasteiger charge is -2.17. The highest BCUT2D eigenvalue weighted by Crippen LogP contribution is 2.31. The zero-order valence-corrected chi connectivity index (χ0v) is 34.8. The number of ether oxygens (including phenoxy) is 1. The summed E-state index contributed by atoms with van der Waals surface area (Å²) in [7, 11) is 1.50. The first-order valence-electron chi connectivity index (χ1n) is 18.3. The lowest BCUT2D eigenvalue weighted by atomic mass is 10.1. The minimum Gasteiger partial charge on any atom is -0.504 e. The number of carbonyl (C=O) groups excluding carboxylic acids is 1. The summed E-state index contributed by atoms with van der Waals surface area (Å²) in [5.74, 6) is 61.1. The molecule has 64 heavy (non-hydrogen) atoms. The summed E-state index contributed by atoms with van der Waals surface area (Å²) in [5, 5.41) is 43.5. The van der Waals surface area contributed by atoms with Crippen molar-refractivity contribution in [2.45, 2.75) is 45.7 Å². The van der Waals surface area contributed by atoms with Crippen LogP contribution in [0.3, 0.4) is 0 Å². The SMILES string of the molecule is CC#CC#CC#CC#CC#CC#CC#CC#CC#CC#CC#CC.COc1cc(-c2cncc(NC(C)c3cccc(NC(=O)[C@H]4CCCN4)c3)n2)ccc1O.NN=NN=[N+]([O-])OO.[HH].[HH].[HH].[HH].[HH].[HH].[HH].[HH].[HH].[HH]. The smallest absolute Gasteiger partial charge is 0.241 e. The van der Waals surface area contributed by atoms with Crippen molar-refractivity contribution in [2.24, 2.45) is 21.5 Å². The van der Waals surface area contributed by atoms with Gasteiger partial charge in [0.2, 0.25) is 16.4 Å². The number of nitrogens with one attached hydrogen (secondary N) is 3. The van der Waals surface area contributed by atoms with Crippen molar-refractivity contribution in [3.63, 3.8) is 0 Å². The monoisotopic (exact) mass is 868 g/mol. The number of phenolic OH excluding ortho intramolecular Hbond substituents is 1. The maximum Gasteiger partial charge on any atom is 0.241 e. The summed E-state index contributed by atoms with van der Waals surface area (Å²) in [5.41, 5.74) is 3.23. The van der Waals surface area contributed by atoms with Crippen molar-refractivity contribution in [1.29, 1.82) is 0 Å². The fourth-order valence-corrected chi connectivity index (χ4v) is 4.50. The molecule has 4 rings (SSSR count). The minimum atomic E-state index is -0.573. The Morgan fingerprint density at radius 2 is 1.45 bits per heavy atom. The third-order valence-corrected chi connectivity index (χ3v) is 7.18. The van der Waals surface area contributed by atoms with Crippen molar-refractivity contribution in [2.75, 3.05) is 24.3 Å². The van der Waals surface area contributed by atoms with E-state index in [1.807, 2.05) is 31.2 Å². The standard InChI is InChI=1S/C24H27N5O3.C24H6.H3N5O3.10H2/c1-15(16-5-3-6-18(11-16)28-24(31)19-7-4-10-26-19)27-23-14-25-13-20(29-23)17-8-9-21(30)22(12-17)32-2;1-3-5-7-9-11-13-15-17-19-21-23-24-22-20-18-16-14-12-10-8-6-4-2;1-2-3-4-5(6)8-7;;;;;;;;;;/h3,5-6,8-9,11-15,19,26,30H,4,7,10H2,1-2H3,(H,27,29)(H,28,31);1-2H3;7H,(H2,1,3);10*1H/t15?,19-;;;;;;;;;;;;/m1............/s1. The highest BCUT2D eigenvalue weighted by molar-refractivity contribution is 5.95. The largest absolute Gasteiger partial charge is 0.504 e. The first kappa shape index (κ1) is 50.2. The van der Waals surface area contributed by atoms with Crippen LogP contribution in [0.1, 0.15) is 59.5 Å². The number of hydrogen-bond donors (Lipinski definition) is 6. The quantitative estimate of drug-likeness (QED) is 0.0429. The molecule has 16 heteroatoms. The number of carbonyl (C=O) groups is 1. The molecule has 0 saturated carbocycles. The number of hydrogen-bond acceptors (Lipinski definition) is 11. The summed E-state index contributed by atoms with van der Waals surface area (Å²) < 4.78 is 5.18. The number of amides is 1. The molecular formula is C48H56N10O6. The second kappa shape index (κ2) is 32.0. The van der Waals surface area contributed by atoms with Crippen molar-refractivity contribution < 1.29 is 44.2 Å². The summed E-state index contributed by atoms with van der Waals surface area (Å²) >= 11 is 0. The van der Waals surface area contributed by atoms with Crippen molar-refractivity contribution in [1.82, 2.24) is 15.3 Å². The molecule has 1 saturated heterocycles. The van der Waals surface area contributed by atoms with Gasteiger partial charge >= 0.3 is 0 Å². The van der Waals surface area contributed by atoms with Gasteiger partial charge in [0.25, 0.3) is 0 Å². The normalized spacial score (nSPS) is 11.2. The molecule has 0 bridgehead atoms. The molecule has 0 aliphatic carbocycles. The van der Waals surface area contributed by atoms with Gasteiger partial charge in [0.15, 0.2) is 11.5 Å². The molecule has 3 aromatic rings. The number of methoxy groups -OCH3 is 1. The molecule has 0 radical (unpaired) electrons. The average Bonchev–Trinajstić information content (AvgIpc) is 3.87. The highest BCUT2D eigenvalue weighted by atomic mass is 17.2. The molecule has 1 aromatic heterocycles. The van der Waals surface area contributed by atoms with Crippen LogP contribution in [0.15, 0.2) is 70.5 Å². The van der Waals surface area contributed by atoms with Gasteiger partial charge in [0, 0.05) is 49.2 Å². The Morgan fingerprint density at radius 3 is 1.94 bits per heavy atom. The van der Waals surface area contributed by atoms with Crippen LogP contribution in [0, 0.1) is 135 Å². The summed E-state index contributed by atoms with van der Waals surface area (Å²) in [6.45, 7) is 6.31. The molecular weight excluding hydrogens is 813 g/mol. The molecule has 16 nitrogen and oxygen atoms in total. The van der Waals surface area contributed by atoms with Crippen LogP contribution in [0.4, 0.5) is 11.5 Å². The molecule has 2 aromatic carbocycles. The molecule has 1 aliphatic heterocycles. The van der Waals surface area contributed by atoms with Crippen LogP contribution in [0.2, 0.25) is 0 Å². The molecule has 1 unspecified atom stereocenters. The van der Waals surface area contributed by atoms with Gasteiger partial charge in [0.05, 0.1) is 47.5 Å². The van der Waals surface area contributed by atoms with Crippen LogP contribution in [-0.2, 0) is 9.78 Å². The third-order valence-electron chi connectivity index (χ3n) is 7.18. The fourth-order valence-electron chi connectivity index (χ4n) is 4.50. The number of rotatable bonds is 9. The van der Waals surface area contributed by atoms with E-state index in [2.05, 4.69) is 183 Å². The molecule has 1 fully saturated rings. The minimum absolute atomic E-state index is 0. The molecule has 1 amide bonds. The van der Waals surface area contributed by atoms with Gasteiger partial charge < -0.3 is 36.0 Å². The molecule has 2 heterocycles. The number of aromatic hydroxyl groups is 1.